The van der Waals surface area contributed by atoms with Crippen LogP contribution < -0.4 is 15.2 Å². The fraction of sp³-hybridized carbons (Fsp3) is 0.250. The molecule has 0 heterocycles. The summed E-state index contributed by atoms with van der Waals surface area (Å²) in [6, 6.07) is 15.0. The first-order valence-electron chi connectivity index (χ1n) is 6.37. The molecule has 4 nitrogen and oxygen atoms in total. The minimum atomic E-state index is -1.40. The summed E-state index contributed by atoms with van der Waals surface area (Å²) in [6.45, 7) is 1.97. The van der Waals surface area contributed by atoms with E-state index in [0.29, 0.717) is 23.7 Å². The van der Waals surface area contributed by atoms with Crippen molar-refractivity contribution in [2.75, 3.05) is 7.11 Å². The van der Waals surface area contributed by atoms with Gasteiger partial charge < -0.3 is 20.3 Å². The fourth-order valence-corrected chi connectivity index (χ4v) is 1.84. The van der Waals surface area contributed by atoms with Crippen molar-refractivity contribution >= 4 is 0 Å². The first-order chi connectivity index (χ1) is 9.50. The van der Waals surface area contributed by atoms with Crippen molar-refractivity contribution in [3.05, 3.63) is 59.7 Å². The minimum Gasteiger partial charge on any atom is -0.493 e. The van der Waals surface area contributed by atoms with E-state index in [4.69, 9.17) is 15.2 Å². The molecule has 0 spiro atoms. The highest BCUT2D eigenvalue weighted by molar-refractivity contribution is 5.44. The zero-order valence-corrected chi connectivity index (χ0v) is 11.7. The van der Waals surface area contributed by atoms with Crippen LogP contribution in [-0.4, -0.2) is 12.2 Å². The van der Waals surface area contributed by atoms with Gasteiger partial charge in [0.25, 0.3) is 0 Å². The van der Waals surface area contributed by atoms with Crippen molar-refractivity contribution in [2.45, 2.75) is 19.3 Å². The molecule has 0 saturated carbocycles. The molecule has 3 N–H and O–H groups in total. The Hall–Kier alpha value is -2.04. The number of nitrogens with two attached hydrogens (primary N) is 1. The summed E-state index contributed by atoms with van der Waals surface area (Å²) < 4.78 is 11.0. The van der Waals surface area contributed by atoms with Crippen molar-refractivity contribution in [3.63, 3.8) is 0 Å². The molecule has 0 amide bonds. The van der Waals surface area contributed by atoms with Crippen molar-refractivity contribution in [1.82, 2.24) is 0 Å². The number of hydrogen-bond acceptors (Lipinski definition) is 4. The molecule has 0 aromatic heterocycles. The zero-order chi connectivity index (χ0) is 14.6. The molecule has 2 aromatic rings. The molecule has 0 radical (unpaired) electrons. The van der Waals surface area contributed by atoms with E-state index in [1.807, 2.05) is 30.3 Å². The molecule has 0 aliphatic heterocycles. The van der Waals surface area contributed by atoms with Crippen molar-refractivity contribution < 1.29 is 14.6 Å². The number of methoxy groups -OCH3 is 1. The van der Waals surface area contributed by atoms with Crippen molar-refractivity contribution in [3.8, 4) is 11.5 Å². The van der Waals surface area contributed by atoms with Gasteiger partial charge in [0.2, 0.25) is 0 Å². The van der Waals surface area contributed by atoms with E-state index in [0.717, 1.165) is 5.56 Å². The lowest BCUT2D eigenvalue weighted by Crippen LogP contribution is -2.32. The van der Waals surface area contributed by atoms with Crippen LogP contribution in [0.25, 0.3) is 0 Å². The number of rotatable bonds is 5. The third-order valence-corrected chi connectivity index (χ3v) is 2.99. The van der Waals surface area contributed by atoms with Gasteiger partial charge in [0.05, 0.1) is 7.11 Å². The summed E-state index contributed by atoms with van der Waals surface area (Å²) in [5, 5.41) is 9.79. The van der Waals surface area contributed by atoms with E-state index in [9.17, 15) is 5.11 Å². The molecule has 106 valence electrons. The SMILES string of the molecule is COc1cc(C(C)(N)O)ccc1OCc1ccccc1. The van der Waals surface area contributed by atoms with Crippen LogP contribution in [0.5, 0.6) is 11.5 Å². The molecule has 0 bridgehead atoms. The summed E-state index contributed by atoms with van der Waals surface area (Å²) in [6.07, 6.45) is 0. The Labute approximate surface area is 118 Å². The Morgan fingerprint density at radius 1 is 1.10 bits per heavy atom. The van der Waals surface area contributed by atoms with Crippen LogP contribution in [0.2, 0.25) is 0 Å². The largest absolute Gasteiger partial charge is 0.493 e. The summed E-state index contributed by atoms with van der Waals surface area (Å²) in [7, 11) is 1.56. The second-order valence-corrected chi connectivity index (χ2v) is 4.79. The van der Waals surface area contributed by atoms with Gasteiger partial charge in [0, 0.05) is 5.56 Å². The minimum absolute atomic E-state index is 0.454. The number of ether oxygens (including phenoxy) is 2. The highest BCUT2D eigenvalue weighted by Crippen LogP contribution is 2.31. The van der Waals surface area contributed by atoms with Crippen LogP contribution in [0.4, 0.5) is 0 Å². The van der Waals surface area contributed by atoms with Crippen molar-refractivity contribution in [2.24, 2.45) is 5.73 Å². The molecule has 20 heavy (non-hydrogen) atoms. The van der Waals surface area contributed by atoms with Gasteiger partial charge in [-0.3, -0.25) is 0 Å². The molecule has 1 atom stereocenters. The third kappa shape index (κ3) is 3.50. The van der Waals surface area contributed by atoms with E-state index >= 15 is 0 Å². The Morgan fingerprint density at radius 3 is 2.40 bits per heavy atom. The fourth-order valence-electron chi connectivity index (χ4n) is 1.84. The first kappa shape index (κ1) is 14.4. The van der Waals surface area contributed by atoms with E-state index in [-0.39, 0.29) is 0 Å². The summed E-state index contributed by atoms with van der Waals surface area (Å²) in [5.74, 6) is 1.16. The van der Waals surface area contributed by atoms with Gasteiger partial charge in [-0.2, -0.15) is 0 Å². The molecule has 2 aromatic carbocycles. The summed E-state index contributed by atoms with van der Waals surface area (Å²) in [5.41, 5.74) is 5.90. The summed E-state index contributed by atoms with van der Waals surface area (Å²) >= 11 is 0. The molecule has 0 fully saturated rings. The highest BCUT2D eigenvalue weighted by Gasteiger charge is 2.18. The number of hydrogen-bond donors (Lipinski definition) is 2. The molecule has 1 unspecified atom stereocenters. The van der Waals surface area contributed by atoms with Gasteiger partial charge in [0.15, 0.2) is 11.5 Å². The van der Waals surface area contributed by atoms with Gasteiger partial charge in [-0.05, 0) is 24.6 Å². The van der Waals surface area contributed by atoms with E-state index in [2.05, 4.69) is 0 Å². The van der Waals surface area contributed by atoms with Gasteiger partial charge in [0.1, 0.15) is 12.3 Å². The zero-order valence-electron chi connectivity index (χ0n) is 11.7. The number of benzene rings is 2. The quantitative estimate of drug-likeness (QED) is 0.821. The van der Waals surface area contributed by atoms with Gasteiger partial charge >= 0.3 is 0 Å². The average Bonchev–Trinajstić information content (AvgIpc) is 2.45. The van der Waals surface area contributed by atoms with E-state index in [1.54, 1.807) is 25.3 Å². The predicted octanol–water partition coefficient (Wildman–Crippen LogP) is 2.40. The maximum Gasteiger partial charge on any atom is 0.161 e. The Kier molecular flexibility index (Phi) is 4.27. The maximum atomic E-state index is 9.79. The van der Waals surface area contributed by atoms with Crippen LogP contribution in [0, 0.1) is 0 Å². The standard InChI is InChI=1S/C16H19NO3/c1-16(17,18)13-8-9-14(15(10-13)19-2)20-11-12-6-4-3-5-7-12/h3-10,18H,11,17H2,1-2H3. The monoisotopic (exact) mass is 273 g/mol. The Morgan fingerprint density at radius 2 is 1.80 bits per heavy atom. The van der Waals surface area contributed by atoms with Gasteiger partial charge in [-0.1, -0.05) is 36.4 Å². The van der Waals surface area contributed by atoms with E-state index < -0.39 is 5.72 Å². The summed E-state index contributed by atoms with van der Waals surface area (Å²) in [4.78, 5) is 0. The predicted molar refractivity (Wildman–Crippen MR) is 77.5 cm³/mol. The lowest BCUT2D eigenvalue weighted by atomic mass is 10.1. The second-order valence-electron chi connectivity index (χ2n) is 4.79. The van der Waals surface area contributed by atoms with Crippen LogP contribution >= 0.6 is 0 Å². The second kappa shape index (κ2) is 5.94. The van der Waals surface area contributed by atoms with Crippen LogP contribution in [0.15, 0.2) is 48.5 Å². The molecule has 0 saturated heterocycles. The van der Waals surface area contributed by atoms with Gasteiger partial charge in [-0.15, -0.1) is 0 Å². The third-order valence-electron chi connectivity index (χ3n) is 2.99. The molecule has 2 rings (SSSR count). The molecular formula is C16H19NO3. The molecule has 0 aliphatic carbocycles. The highest BCUT2D eigenvalue weighted by atomic mass is 16.5. The topological polar surface area (TPSA) is 64.7 Å². The Balaban J connectivity index is 2.16. The first-order valence-corrected chi connectivity index (χ1v) is 6.37. The lowest BCUT2D eigenvalue weighted by molar-refractivity contribution is 0.0644. The van der Waals surface area contributed by atoms with Crippen molar-refractivity contribution in [1.29, 1.82) is 0 Å². The molecule has 4 heteroatoms. The molecular weight excluding hydrogens is 254 g/mol. The van der Waals surface area contributed by atoms with Crippen LogP contribution in [0.3, 0.4) is 0 Å². The average molecular weight is 273 g/mol. The lowest BCUT2D eigenvalue weighted by Gasteiger charge is -2.19. The van der Waals surface area contributed by atoms with Crippen LogP contribution in [0.1, 0.15) is 18.1 Å². The van der Waals surface area contributed by atoms with Gasteiger partial charge in [-0.25, -0.2) is 0 Å². The maximum absolute atomic E-state index is 9.79. The van der Waals surface area contributed by atoms with E-state index in [1.165, 1.54) is 6.92 Å². The smallest absolute Gasteiger partial charge is 0.161 e. The number of aliphatic hydroxyl groups is 1. The normalized spacial score (nSPS) is 13.6. The van der Waals surface area contributed by atoms with Crippen LogP contribution in [-0.2, 0) is 12.3 Å². The molecule has 0 aliphatic rings. The Bertz CT molecular complexity index is 562.